The third kappa shape index (κ3) is 3.63. The minimum absolute atomic E-state index is 0.636. The molecule has 1 rings (SSSR count). The molecule has 0 saturated heterocycles. The Balaban J connectivity index is 2.73. The van der Waals surface area contributed by atoms with Crippen LogP contribution >= 0.6 is 11.6 Å². The van der Waals surface area contributed by atoms with Crippen molar-refractivity contribution in [3.8, 4) is 0 Å². The number of hydrogen-bond donors (Lipinski definition) is 1. The average molecular weight is 227 g/mol. The highest BCUT2D eigenvalue weighted by Crippen LogP contribution is 2.27. The number of anilines is 2. The summed E-state index contributed by atoms with van der Waals surface area (Å²) in [6.45, 7) is 5.34. The zero-order valence-electron chi connectivity index (χ0n) is 9.84. The van der Waals surface area contributed by atoms with Gasteiger partial charge in [0.05, 0.1) is 10.7 Å². The summed E-state index contributed by atoms with van der Waals surface area (Å²) >= 11 is 6.16. The number of nitrogens with one attached hydrogen (secondary N) is 1. The van der Waals surface area contributed by atoms with Gasteiger partial charge in [-0.05, 0) is 24.1 Å². The van der Waals surface area contributed by atoms with Crippen LogP contribution in [0.15, 0.2) is 18.2 Å². The van der Waals surface area contributed by atoms with Gasteiger partial charge < -0.3 is 10.2 Å². The molecule has 0 fully saturated rings. The first-order valence-electron chi connectivity index (χ1n) is 5.21. The summed E-state index contributed by atoms with van der Waals surface area (Å²) in [4.78, 5) is 2.01. The van der Waals surface area contributed by atoms with Crippen LogP contribution in [0.4, 0.5) is 11.4 Å². The number of hydrogen-bond acceptors (Lipinski definition) is 2. The van der Waals surface area contributed by atoms with Gasteiger partial charge in [-0.1, -0.05) is 25.4 Å². The Morgan fingerprint density at radius 2 is 2.00 bits per heavy atom. The number of nitrogens with zero attached hydrogens (tertiary/aromatic N) is 1. The molecule has 0 spiro atoms. The molecular weight excluding hydrogens is 208 g/mol. The Hall–Kier alpha value is -0.890. The van der Waals surface area contributed by atoms with Crippen LogP contribution in [0.3, 0.4) is 0 Å². The SMILES string of the molecule is CC(C)CNc1ccc(N(C)C)c(Cl)c1. The van der Waals surface area contributed by atoms with Crippen molar-refractivity contribution in [2.45, 2.75) is 13.8 Å². The van der Waals surface area contributed by atoms with Crippen molar-refractivity contribution in [3.63, 3.8) is 0 Å². The van der Waals surface area contributed by atoms with E-state index in [9.17, 15) is 0 Å². The van der Waals surface area contributed by atoms with Gasteiger partial charge in [-0.3, -0.25) is 0 Å². The summed E-state index contributed by atoms with van der Waals surface area (Å²) in [6, 6.07) is 6.06. The lowest BCUT2D eigenvalue weighted by molar-refractivity contribution is 0.689. The molecule has 15 heavy (non-hydrogen) atoms. The van der Waals surface area contributed by atoms with E-state index in [0.717, 1.165) is 22.9 Å². The molecule has 1 aromatic rings. The largest absolute Gasteiger partial charge is 0.385 e. The second kappa shape index (κ2) is 5.26. The van der Waals surface area contributed by atoms with Gasteiger partial charge in [0.1, 0.15) is 0 Å². The topological polar surface area (TPSA) is 15.3 Å². The predicted molar refractivity (Wildman–Crippen MR) is 69.1 cm³/mol. The summed E-state index contributed by atoms with van der Waals surface area (Å²) in [5, 5.41) is 4.13. The Labute approximate surface area is 97.2 Å². The van der Waals surface area contributed by atoms with E-state index < -0.39 is 0 Å². The van der Waals surface area contributed by atoms with E-state index in [1.807, 2.05) is 31.1 Å². The van der Waals surface area contributed by atoms with Gasteiger partial charge in [0.15, 0.2) is 0 Å². The van der Waals surface area contributed by atoms with Gasteiger partial charge in [-0.25, -0.2) is 0 Å². The van der Waals surface area contributed by atoms with Crippen LogP contribution in [-0.4, -0.2) is 20.6 Å². The maximum atomic E-state index is 6.16. The van der Waals surface area contributed by atoms with Crippen molar-refractivity contribution in [3.05, 3.63) is 23.2 Å². The van der Waals surface area contributed by atoms with Crippen molar-refractivity contribution < 1.29 is 0 Å². The van der Waals surface area contributed by atoms with E-state index in [2.05, 4.69) is 25.2 Å². The fraction of sp³-hybridized carbons (Fsp3) is 0.500. The third-order valence-corrected chi connectivity index (χ3v) is 2.45. The fourth-order valence-corrected chi connectivity index (χ4v) is 1.65. The van der Waals surface area contributed by atoms with E-state index in [-0.39, 0.29) is 0 Å². The molecule has 0 heterocycles. The molecule has 0 amide bonds. The van der Waals surface area contributed by atoms with Gasteiger partial charge in [0, 0.05) is 26.3 Å². The van der Waals surface area contributed by atoms with Crippen LogP contribution in [0, 0.1) is 5.92 Å². The molecule has 0 radical (unpaired) electrons. The second-order valence-corrected chi connectivity index (χ2v) is 4.74. The second-order valence-electron chi connectivity index (χ2n) is 4.34. The normalized spacial score (nSPS) is 10.5. The van der Waals surface area contributed by atoms with Crippen LogP contribution in [0.5, 0.6) is 0 Å². The van der Waals surface area contributed by atoms with Crippen molar-refractivity contribution in [2.24, 2.45) is 5.92 Å². The van der Waals surface area contributed by atoms with Gasteiger partial charge in [-0.2, -0.15) is 0 Å². The maximum Gasteiger partial charge on any atom is 0.0659 e. The standard InChI is InChI=1S/C12H19ClN2/c1-9(2)8-14-10-5-6-12(15(3)4)11(13)7-10/h5-7,9,14H,8H2,1-4H3. The van der Waals surface area contributed by atoms with Crippen molar-refractivity contribution >= 4 is 23.0 Å². The molecule has 1 N–H and O–H groups in total. The van der Waals surface area contributed by atoms with E-state index >= 15 is 0 Å². The molecule has 0 aliphatic rings. The Morgan fingerprint density at radius 3 is 2.47 bits per heavy atom. The highest BCUT2D eigenvalue weighted by molar-refractivity contribution is 6.33. The molecule has 0 aromatic heterocycles. The van der Waals surface area contributed by atoms with Gasteiger partial charge >= 0.3 is 0 Å². The van der Waals surface area contributed by atoms with Crippen molar-refractivity contribution in [2.75, 3.05) is 30.9 Å². The smallest absolute Gasteiger partial charge is 0.0659 e. The van der Waals surface area contributed by atoms with E-state index in [0.29, 0.717) is 5.92 Å². The monoisotopic (exact) mass is 226 g/mol. The van der Waals surface area contributed by atoms with Crippen LogP contribution in [-0.2, 0) is 0 Å². The summed E-state index contributed by atoms with van der Waals surface area (Å²) in [5.41, 5.74) is 2.13. The van der Waals surface area contributed by atoms with Crippen molar-refractivity contribution in [1.82, 2.24) is 0 Å². The van der Waals surface area contributed by atoms with E-state index in [4.69, 9.17) is 11.6 Å². The molecule has 0 saturated carbocycles. The Morgan fingerprint density at radius 1 is 1.33 bits per heavy atom. The number of rotatable bonds is 4. The molecule has 0 bridgehead atoms. The lowest BCUT2D eigenvalue weighted by Crippen LogP contribution is -2.10. The molecule has 2 nitrogen and oxygen atoms in total. The maximum absolute atomic E-state index is 6.16. The number of benzene rings is 1. The molecule has 0 aliphatic heterocycles. The lowest BCUT2D eigenvalue weighted by Gasteiger charge is -2.16. The summed E-state index contributed by atoms with van der Waals surface area (Å²) in [7, 11) is 3.98. The quantitative estimate of drug-likeness (QED) is 0.846. The van der Waals surface area contributed by atoms with Crippen LogP contribution in [0.2, 0.25) is 5.02 Å². The average Bonchev–Trinajstić information content (AvgIpc) is 2.14. The molecule has 3 heteroatoms. The molecular formula is C12H19ClN2. The van der Waals surface area contributed by atoms with E-state index in [1.165, 1.54) is 0 Å². The Bertz CT molecular complexity index is 321. The predicted octanol–water partition coefficient (Wildman–Crippen LogP) is 3.47. The minimum atomic E-state index is 0.636. The summed E-state index contributed by atoms with van der Waals surface area (Å²) < 4.78 is 0. The van der Waals surface area contributed by atoms with Crippen LogP contribution in [0.25, 0.3) is 0 Å². The first kappa shape index (κ1) is 12.2. The zero-order valence-corrected chi connectivity index (χ0v) is 10.6. The minimum Gasteiger partial charge on any atom is -0.385 e. The first-order chi connectivity index (χ1) is 7.00. The van der Waals surface area contributed by atoms with Gasteiger partial charge in [0.2, 0.25) is 0 Å². The summed E-state index contributed by atoms with van der Waals surface area (Å²) in [6.07, 6.45) is 0. The molecule has 1 aromatic carbocycles. The number of halogens is 1. The highest BCUT2D eigenvalue weighted by Gasteiger charge is 2.03. The Kier molecular flexibility index (Phi) is 4.28. The fourth-order valence-electron chi connectivity index (χ4n) is 1.30. The van der Waals surface area contributed by atoms with Gasteiger partial charge in [-0.15, -0.1) is 0 Å². The highest BCUT2D eigenvalue weighted by atomic mass is 35.5. The lowest BCUT2D eigenvalue weighted by atomic mass is 10.2. The summed E-state index contributed by atoms with van der Waals surface area (Å²) in [5.74, 6) is 0.636. The molecule has 84 valence electrons. The van der Waals surface area contributed by atoms with Crippen LogP contribution < -0.4 is 10.2 Å². The molecule has 0 aliphatic carbocycles. The van der Waals surface area contributed by atoms with Crippen LogP contribution in [0.1, 0.15) is 13.8 Å². The molecule has 0 atom stereocenters. The first-order valence-corrected chi connectivity index (χ1v) is 5.59. The zero-order chi connectivity index (χ0) is 11.4. The van der Waals surface area contributed by atoms with E-state index in [1.54, 1.807) is 0 Å². The van der Waals surface area contributed by atoms with Gasteiger partial charge in [0.25, 0.3) is 0 Å². The molecule has 0 unspecified atom stereocenters. The van der Waals surface area contributed by atoms with Crippen molar-refractivity contribution in [1.29, 1.82) is 0 Å². The third-order valence-electron chi connectivity index (χ3n) is 2.14.